The zero-order chi connectivity index (χ0) is 27.7. The van der Waals surface area contributed by atoms with Crippen LogP contribution in [-0.4, -0.2) is 79.5 Å². The van der Waals surface area contributed by atoms with Crippen LogP contribution in [0.5, 0.6) is 0 Å². The molecule has 0 aromatic carbocycles. The number of rotatable bonds is 10. The molecule has 0 aliphatic carbocycles. The first-order valence-corrected chi connectivity index (χ1v) is 14.9. The van der Waals surface area contributed by atoms with E-state index in [4.69, 9.17) is 15.1 Å². The van der Waals surface area contributed by atoms with Crippen molar-refractivity contribution in [3.8, 4) is 0 Å². The number of β-lactam (4-membered cyclic amide) rings is 1. The molecule has 1 aromatic heterocycles. The topological polar surface area (TPSA) is 191 Å². The van der Waals surface area contributed by atoms with Crippen molar-refractivity contribution >= 4 is 65.1 Å². The molecule has 1 saturated heterocycles. The fourth-order valence-electron chi connectivity index (χ4n) is 3.68. The fourth-order valence-corrected chi connectivity index (χ4v) is 7.34. The van der Waals surface area contributed by atoms with Crippen molar-refractivity contribution in [2.75, 3.05) is 18.1 Å². The van der Waals surface area contributed by atoms with E-state index in [0.717, 1.165) is 16.2 Å². The Labute approximate surface area is 221 Å². The van der Waals surface area contributed by atoms with Crippen LogP contribution in [0, 0.1) is 0 Å². The lowest BCUT2D eigenvalue weighted by Gasteiger charge is -2.49. The molecule has 1 fully saturated rings. The smallest absolute Gasteiger partial charge is 0.352 e. The highest BCUT2D eigenvalue weighted by Gasteiger charge is 2.54. The SMILES string of the molecule is CC(=O)OCC1=C(C(=O)O)N2C(=O)[C@H](NC(=O)C(=NOP(=O)(C(C)C)C(C)C)c3csc(N)n3)[C@H]2SC1. The van der Waals surface area contributed by atoms with Gasteiger partial charge in [-0.25, -0.2) is 9.78 Å². The van der Waals surface area contributed by atoms with Crippen molar-refractivity contribution in [1.29, 1.82) is 0 Å². The summed E-state index contributed by atoms with van der Waals surface area (Å²) in [6, 6.07) is -1.06. The molecule has 0 saturated carbocycles. The number of carbonyl (C=O) groups excluding carboxylic acids is 3. The molecule has 202 valence electrons. The monoisotopic (exact) mass is 573 g/mol. The van der Waals surface area contributed by atoms with E-state index in [1.54, 1.807) is 27.7 Å². The molecular weight excluding hydrogens is 545 g/mol. The third kappa shape index (κ3) is 5.83. The first kappa shape index (κ1) is 28.7. The number of aromatic nitrogens is 1. The Morgan fingerprint density at radius 3 is 2.49 bits per heavy atom. The number of carbonyl (C=O) groups is 4. The number of esters is 1. The maximum atomic E-state index is 13.3. The minimum absolute atomic E-state index is 0.0776. The summed E-state index contributed by atoms with van der Waals surface area (Å²) in [7, 11) is -3.28. The molecule has 2 amide bonds. The molecule has 13 nitrogen and oxygen atoms in total. The normalized spacial score (nSPS) is 20.0. The molecule has 3 heterocycles. The van der Waals surface area contributed by atoms with Gasteiger partial charge in [-0.3, -0.25) is 23.8 Å². The molecule has 0 unspecified atom stereocenters. The lowest BCUT2D eigenvalue weighted by atomic mass is 10.0. The molecular formula is C21H28N5O8PS2. The molecule has 0 spiro atoms. The van der Waals surface area contributed by atoms with Gasteiger partial charge in [0.05, 0.1) is 0 Å². The third-order valence-electron chi connectivity index (χ3n) is 5.67. The molecule has 2 aliphatic heterocycles. The number of carboxylic acid groups (broad SMARTS) is 1. The highest BCUT2D eigenvalue weighted by molar-refractivity contribution is 8.00. The van der Waals surface area contributed by atoms with Gasteiger partial charge < -0.3 is 25.5 Å². The van der Waals surface area contributed by atoms with Gasteiger partial charge in [-0.2, -0.15) is 0 Å². The van der Waals surface area contributed by atoms with Gasteiger partial charge in [-0.15, -0.1) is 23.1 Å². The Hall–Kier alpha value is -2.90. The summed E-state index contributed by atoms with van der Waals surface area (Å²) in [5.74, 6) is -3.24. The summed E-state index contributed by atoms with van der Waals surface area (Å²) in [5, 5.41) is 17.1. The molecule has 0 bridgehead atoms. The van der Waals surface area contributed by atoms with Gasteiger partial charge in [-0.1, -0.05) is 32.9 Å². The molecule has 1 aromatic rings. The Balaban J connectivity index is 1.85. The van der Waals surface area contributed by atoms with Crippen LogP contribution >= 0.6 is 30.5 Å². The number of anilines is 1. The van der Waals surface area contributed by atoms with Gasteiger partial charge in [-0.05, 0) is 0 Å². The Morgan fingerprint density at radius 1 is 1.32 bits per heavy atom. The number of thioether (sulfide) groups is 1. The number of nitrogen functional groups attached to an aromatic ring is 1. The van der Waals surface area contributed by atoms with E-state index in [1.165, 1.54) is 24.1 Å². The summed E-state index contributed by atoms with van der Waals surface area (Å²) in [6.07, 6.45) is 0. The summed E-state index contributed by atoms with van der Waals surface area (Å²) in [4.78, 5) is 54.3. The lowest BCUT2D eigenvalue weighted by molar-refractivity contribution is -0.150. The van der Waals surface area contributed by atoms with E-state index in [2.05, 4.69) is 15.5 Å². The minimum Gasteiger partial charge on any atom is -0.477 e. The first-order valence-electron chi connectivity index (χ1n) is 11.2. The van der Waals surface area contributed by atoms with Crippen molar-refractivity contribution in [1.82, 2.24) is 15.2 Å². The van der Waals surface area contributed by atoms with E-state index < -0.39 is 42.5 Å². The largest absolute Gasteiger partial charge is 0.477 e. The van der Waals surface area contributed by atoms with Gasteiger partial charge in [0.15, 0.2) is 10.8 Å². The van der Waals surface area contributed by atoms with E-state index >= 15 is 0 Å². The van der Waals surface area contributed by atoms with E-state index in [-0.39, 0.29) is 51.5 Å². The quantitative estimate of drug-likeness (QED) is 0.122. The number of fused-ring (bicyclic) bond motifs is 1. The van der Waals surface area contributed by atoms with E-state index in [9.17, 15) is 28.8 Å². The van der Waals surface area contributed by atoms with Crippen LogP contribution in [0.2, 0.25) is 0 Å². The number of aliphatic carboxylic acids is 1. The molecule has 0 radical (unpaired) electrons. The highest BCUT2D eigenvalue weighted by atomic mass is 32.2. The number of thiazole rings is 1. The van der Waals surface area contributed by atoms with Crippen molar-refractivity contribution in [2.24, 2.45) is 5.16 Å². The van der Waals surface area contributed by atoms with E-state index in [1.807, 2.05) is 0 Å². The maximum absolute atomic E-state index is 13.3. The van der Waals surface area contributed by atoms with Crippen LogP contribution in [0.3, 0.4) is 0 Å². The van der Waals surface area contributed by atoms with E-state index in [0.29, 0.717) is 0 Å². The van der Waals surface area contributed by atoms with Crippen molar-refractivity contribution in [2.45, 2.75) is 57.4 Å². The summed E-state index contributed by atoms with van der Waals surface area (Å²) in [6.45, 7) is 7.83. The number of nitrogens with one attached hydrogen (secondary N) is 1. The second-order valence-corrected chi connectivity index (χ2v) is 14.3. The number of carboxylic acids is 1. The van der Waals surface area contributed by atoms with Gasteiger partial charge in [0.1, 0.15) is 29.4 Å². The number of ether oxygens (including phenoxy) is 1. The average Bonchev–Trinajstić information content (AvgIpc) is 3.25. The van der Waals surface area contributed by atoms with Gasteiger partial charge >= 0.3 is 11.9 Å². The summed E-state index contributed by atoms with van der Waals surface area (Å²) < 4.78 is 23.6. The lowest BCUT2D eigenvalue weighted by Crippen LogP contribution is -2.71. The molecule has 37 heavy (non-hydrogen) atoms. The minimum atomic E-state index is -3.28. The Bertz CT molecular complexity index is 1220. The summed E-state index contributed by atoms with van der Waals surface area (Å²) in [5.41, 5.74) is 4.73. The first-order chi connectivity index (χ1) is 17.3. The molecule has 4 N–H and O–H groups in total. The number of amides is 2. The van der Waals surface area contributed by atoms with Gasteiger partial charge in [0.25, 0.3) is 19.2 Å². The highest BCUT2D eigenvalue weighted by Crippen LogP contribution is 2.56. The van der Waals surface area contributed by atoms with Crippen LogP contribution in [0.15, 0.2) is 21.8 Å². The molecule has 2 atom stereocenters. The third-order valence-corrected chi connectivity index (χ3v) is 10.9. The Kier molecular flexibility index (Phi) is 8.70. The van der Waals surface area contributed by atoms with Crippen LogP contribution in [0.4, 0.5) is 5.13 Å². The zero-order valence-corrected chi connectivity index (χ0v) is 23.3. The van der Waals surface area contributed by atoms with Crippen LogP contribution in [0.25, 0.3) is 0 Å². The molecule has 3 rings (SSSR count). The number of hydrogen-bond donors (Lipinski definition) is 3. The number of nitrogens with two attached hydrogens (primary N) is 1. The zero-order valence-electron chi connectivity index (χ0n) is 20.8. The van der Waals surface area contributed by atoms with Crippen molar-refractivity contribution in [3.63, 3.8) is 0 Å². The summed E-state index contributed by atoms with van der Waals surface area (Å²) >= 11 is 2.27. The van der Waals surface area contributed by atoms with Gasteiger partial charge in [0.2, 0.25) is 0 Å². The number of oxime groups is 1. The predicted octanol–water partition coefficient (Wildman–Crippen LogP) is 1.84. The number of nitrogens with zero attached hydrogens (tertiary/aromatic N) is 3. The molecule has 16 heteroatoms. The number of hydrogen-bond acceptors (Lipinski definition) is 12. The van der Waals surface area contributed by atoms with Crippen LogP contribution < -0.4 is 11.1 Å². The maximum Gasteiger partial charge on any atom is 0.352 e. The average molecular weight is 574 g/mol. The van der Waals surface area contributed by atoms with Crippen LogP contribution in [-0.2, 0) is 33.1 Å². The van der Waals surface area contributed by atoms with Crippen molar-refractivity contribution in [3.05, 3.63) is 22.3 Å². The fraction of sp³-hybridized carbons (Fsp3) is 0.524. The van der Waals surface area contributed by atoms with Crippen molar-refractivity contribution < 1.29 is 38.2 Å². The predicted molar refractivity (Wildman–Crippen MR) is 138 cm³/mol. The standard InChI is InChI=1S/C21H28N5O8PS2/c1-9(2)35(32,10(3)4)34-25-14(13-8-37-21(22)23-13)17(28)24-15-18(29)26-16(20(30)31)12(6-33-11(5)27)7-36-19(15)26/h8-10,15,19H,6-7H2,1-5H3,(H2,22,23)(H,24,28)(H,30,31)/t15-,19+/m0/s1. The van der Waals surface area contributed by atoms with Crippen LogP contribution in [0.1, 0.15) is 40.3 Å². The molecule has 2 aliphatic rings. The second-order valence-electron chi connectivity index (χ2n) is 8.82. The second kappa shape index (κ2) is 11.2. The Morgan fingerprint density at radius 2 is 1.97 bits per heavy atom. The van der Waals surface area contributed by atoms with Gasteiger partial charge in [0, 0.05) is 34.9 Å².